The van der Waals surface area contributed by atoms with E-state index in [4.69, 9.17) is 0 Å². The molecule has 3 amide bonds. The van der Waals surface area contributed by atoms with Crippen LogP contribution in [0.15, 0.2) is 0 Å². The number of carbonyl (C=O) groups is 3. The molecule has 6 aliphatic rings. The van der Waals surface area contributed by atoms with Gasteiger partial charge in [-0.1, -0.05) is 24.2 Å². The van der Waals surface area contributed by atoms with E-state index in [1.54, 1.807) is 6.92 Å². The van der Waals surface area contributed by atoms with Crippen LogP contribution in [0.4, 0.5) is 5.13 Å². The van der Waals surface area contributed by atoms with Gasteiger partial charge in [0.05, 0.1) is 11.8 Å². The predicted molar refractivity (Wildman–Crippen MR) is 115 cm³/mol. The molecule has 7 rings (SSSR count). The number of anilines is 1. The van der Waals surface area contributed by atoms with Gasteiger partial charge in [-0.15, -0.1) is 10.2 Å². The first-order valence-electron chi connectivity index (χ1n) is 12.0. The van der Waals surface area contributed by atoms with Crippen molar-refractivity contribution in [2.24, 2.45) is 29.6 Å². The van der Waals surface area contributed by atoms with Crippen molar-refractivity contribution >= 4 is 34.2 Å². The van der Waals surface area contributed by atoms with E-state index in [9.17, 15) is 14.4 Å². The lowest BCUT2D eigenvalue weighted by Crippen LogP contribution is -2.48. The Morgan fingerprint density at radius 2 is 1.55 bits per heavy atom. The van der Waals surface area contributed by atoms with Gasteiger partial charge in [-0.05, 0) is 76.0 Å². The Morgan fingerprint density at radius 3 is 2.10 bits per heavy atom. The fraction of sp³-hybridized carbons (Fsp3) is 0.783. The lowest BCUT2D eigenvalue weighted by atomic mass is 9.50. The van der Waals surface area contributed by atoms with Gasteiger partial charge in [-0.2, -0.15) is 0 Å². The van der Waals surface area contributed by atoms with E-state index in [1.165, 1.54) is 54.8 Å². The van der Waals surface area contributed by atoms with Crippen molar-refractivity contribution in [3.05, 3.63) is 5.01 Å². The molecule has 3 atom stereocenters. The fourth-order valence-electron chi connectivity index (χ4n) is 7.76. The zero-order chi connectivity index (χ0) is 21.3. The maximum atomic E-state index is 12.9. The summed E-state index contributed by atoms with van der Waals surface area (Å²) in [7, 11) is 0. The van der Waals surface area contributed by atoms with E-state index >= 15 is 0 Å². The van der Waals surface area contributed by atoms with Crippen molar-refractivity contribution in [1.29, 1.82) is 0 Å². The molecule has 5 saturated carbocycles. The number of carbonyl (C=O) groups excluding carboxylic acids is 3. The second kappa shape index (κ2) is 7.09. The van der Waals surface area contributed by atoms with Crippen molar-refractivity contribution in [1.82, 2.24) is 15.1 Å². The van der Waals surface area contributed by atoms with Crippen LogP contribution in [-0.4, -0.2) is 38.9 Å². The molecule has 3 unspecified atom stereocenters. The number of rotatable bonds is 4. The molecule has 1 N–H and O–H groups in total. The molecule has 4 bridgehead atoms. The van der Waals surface area contributed by atoms with Crippen molar-refractivity contribution in [3.8, 4) is 0 Å². The highest BCUT2D eigenvalue weighted by Gasteiger charge is 2.54. The zero-order valence-corrected chi connectivity index (χ0v) is 18.8. The average molecular weight is 443 g/mol. The van der Waals surface area contributed by atoms with Gasteiger partial charge >= 0.3 is 0 Å². The van der Waals surface area contributed by atoms with Crippen molar-refractivity contribution in [3.63, 3.8) is 0 Å². The number of imide groups is 1. The summed E-state index contributed by atoms with van der Waals surface area (Å²) in [6, 6.07) is -0.822. The third kappa shape index (κ3) is 3.08. The van der Waals surface area contributed by atoms with Crippen LogP contribution >= 0.6 is 11.3 Å². The van der Waals surface area contributed by atoms with Crippen LogP contribution in [0.1, 0.15) is 76.1 Å². The van der Waals surface area contributed by atoms with Crippen LogP contribution in [-0.2, 0) is 19.8 Å². The van der Waals surface area contributed by atoms with Crippen LogP contribution in [0.2, 0.25) is 0 Å². The molecule has 8 heteroatoms. The molecule has 1 aliphatic heterocycles. The molecular weight excluding hydrogens is 412 g/mol. The van der Waals surface area contributed by atoms with Crippen LogP contribution in [0, 0.1) is 29.6 Å². The van der Waals surface area contributed by atoms with Gasteiger partial charge in [0.2, 0.25) is 22.9 Å². The molecule has 166 valence electrons. The summed E-state index contributed by atoms with van der Waals surface area (Å²) < 4.78 is 0. The first kappa shape index (κ1) is 19.8. The summed E-state index contributed by atoms with van der Waals surface area (Å²) in [4.78, 5) is 39.8. The number of nitrogens with one attached hydrogen (secondary N) is 1. The maximum Gasteiger partial charge on any atom is 0.249 e. The predicted octanol–water partition coefficient (Wildman–Crippen LogP) is 3.51. The molecule has 1 aromatic rings. The van der Waals surface area contributed by atoms with Crippen LogP contribution in [0.3, 0.4) is 0 Å². The molecule has 0 radical (unpaired) electrons. The number of hydrogen-bond donors (Lipinski definition) is 1. The Bertz CT molecular complexity index is 884. The molecule has 5 aliphatic carbocycles. The molecule has 0 aromatic carbocycles. The Balaban J connectivity index is 1.16. The van der Waals surface area contributed by atoms with E-state index in [2.05, 4.69) is 15.5 Å². The van der Waals surface area contributed by atoms with Gasteiger partial charge in [-0.25, -0.2) is 0 Å². The lowest BCUT2D eigenvalue weighted by molar-refractivity contribution is -0.146. The van der Waals surface area contributed by atoms with E-state index in [-0.39, 0.29) is 35.0 Å². The van der Waals surface area contributed by atoms with Gasteiger partial charge in [0.25, 0.3) is 0 Å². The largest absolute Gasteiger partial charge is 0.299 e. The van der Waals surface area contributed by atoms with E-state index in [1.807, 2.05) is 0 Å². The van der Waals surface area contributed by atoms with Gasteiger partial charge in [-0.3, -0.25) is 24.6 Å². The Hall–Kier alpha value is -1.83. The molecule has 1 saturated heterocycles. The van der Waals surface area contributed by atoms with Gasteiger partial charge in [0.1, 0.15) is 11.0 Å². The Labute approximate surface area is 186 Å². The normalized spacial score (nSPS) is 39.6. The second-order valence-corrected chi connectivity index (χ2v) is 11.8. The summed E-state index contributed by atoms with van der Waals surface area (Å²) in [5.74, 6) is 1.29. The van der Waals surface area contributed by atoms with Gasteiger partial charge < -0.3 is 0 Å². The number of likely N-dealkylation sites (tertiary alicyclic amines) is 1. The summed E-state index contributed by atoms with van der Waals surface area (Å²) >= 11 is 1.49. The van der Waals surface area contributed by atoms with Gasteiger partial charge in [0, 0.05) is 5.41 Å². The fourth-order valence-corrected chi connectivity index (χ4v) is 8.72. The SMILES string of the molecule is CC(C(=O)Nc1nnc(C23CC4CC(CC(C4)C2)C3)s1)N1C(=O)C2CCCCC2C1=O. The minimum Gasteiger partial charge on any atom is -0.299 e. The quantitative estimate of drug-likeness (QED) is 0.721. The van der Waals surface area contributed by atoms with Crippen molar-refractivity contribution < 1.29 is 14.4 Å². The molecule has 2 heterocycles. The molecule has 31 heavy (non-hydrogen) atoms. The lowest BCUT2D eigenvalue weighted by Gasteiger charge is -2.55. The average Bonchev–Trinajstić information content (AvgIpc) is 3.31. The van der Waals surface area contributed by atoms with E-state index < -0.39 is 6.04 Å². The molecule has 0 spiro atoms. The van der Waals surface area contributed by atoms with Crippen LogP contribution in [0.25, 0.3) is 0 Å². The first-order valence-corrected chi connectivity index (χ1v) is 12.8. The highest BCUT2D eigenvalue weighted by atomic mass is 32.1. The standard InChI is InChI=1S/C23H30N4O3S/c1-12(27-19(29)16-4-2-3-5-17(16)20(27)30)18(28)24-22-26-25-21(31-22)23-9-13-6-14(10-23)8-15(7-13)11-23/h12-17H,2-11H2,1H3,(H,24,26,28). The van der Waals surface area contributed by atoms with Crippen molar-refractivity contribution in [2.45, 2.75) is 82.6 Å². The third-order valence-electron chi connectivity index (χ3n) is 8.79. The van der Waals surface area contributed by atoms with Crippen LogP contribution in [0.5, 0.6) is 0 Å². The smallest absolute Gasteiger partial charge is 0.249 e. The Morgan fingerprint density at radius 1 is 1.00 bits per heavy atom. The minimum absolute atomic E-state index is 0.150. The summed E-state index contributed by atoms with van der Waals surface area (Å²) in [6.07, 6.45) is 11.2. The van der Waals surface area contributed by atoms with Gasteiger partial charge in [0.15, 0.2) is 0 Å². The van der Waals surface area contributed by atoms with Crippen LogP contribution < -0.4 is 5.32 Å². The number of nitrogens with zero attached hydrogens (tertiary/aromatic N) is 3. The number of amides is 3. The molecule has 1 aromatic heterocycles. The molecule has 6 fully saturated rings. The highest BCUT2D eigenvalue weighted by molar-refractivity contribution is 7.15. The topological polar surface area (TPSA) is 92.3 Å². The number of fused-ring (bicyclic) bond motifs is 1. The monoisotopic (exact) mass is 442 g/mol. The summed E-state index contributed by atoms with van der Waals surface area (Å²) in [6.45, 7) is 1.64. The second-order valence-electron chi connectivity index (χ2n) is 10.8. The van der Waals surface area contributed by atoms with E-state index in [0.717, 1.165) is 48.4 Å². The first-order chi connectivity index (χ1) is 14.9. The summed E-state index contributed by atoms with van der Waals surface area (Å²) in [5, 5.41) is 13.2. The zero-order valence-electron chi connectivity index (χ0n) is 18.0. The highest BCUT2D eigenvalue weighted by Crippen LogP contribution is 2.61. The Kier molecular flexibility index (Phi) is 4.53. The van der Waals surface area contributed by atoms with E-state index in [0.29, 0.717) is 5.13 Å². The maximum absolute atomic E-state index is 12.9. The number of hydrogen-bond acceptors (Lipinski definition) is 6. The minimum atomic E-state index is -0.822. The molecular formula is C23H30N4O3S. The summed E-state index contributed by atoms with van der Waals surface area (Å²) in [5.41, 5.74) is 0.150. The van der Waals surface area contributed by atoms with Crippen molar-refractivity contribution in [2.75, 3.05) is 5.32 Å². The molecule has 7 nitrogen and oxygen atoms in total. The third-order valence-corrected chi connectivity index (χ3v) is 9.87. The number of aromatic nitrogens is 2.